The lowest BCUT2D eigenvalue weighted by molar-refractivity contribution is -0.384. The molecule has 0 heterocycles. The molecule has 7 nitrogen and oxygen atoms in total. The Morgan fingerprint density at radius 2 is 2.08 bits per heavy atom. The van der Waals surface area contributed by atoms with E-state index in [4.69, 9.17) is 0 Å². The highest BCUT2D eigenvalue weighted by Gasteiger charge is 2.25. The Balaban J connectivity index is 2.04. The van der Waals surface area contributed by atoms with Crippen molar-refractivity contribution in [3.8, 4) is 0 Å². The summed E-state index contributed by atoms with van der Waals surface area (Å²) < 4.78 is 0. The van der Waals surface area contributed by atoms with E-state index in [2.05, 4.69) is 10.6 Å². The van der Waals surface area contributed by atoms with Gasteiger partial charge in [0.25, 0.3) is 11.6 Å². The first-order chi connectivity index (χ1) is 12.0. The number of hydrogen-bond donors (Lipinski definition) is 2. The molecule has 2 amide bonds. The van der Waals surface area contributed by atoms with E-state index < -0.39 is 16.9 Å². The zero-order valence-corrected chi connectivity index (χ0v) is 15.0. The van der Waals surface area contributed by atoms with E-state index in [0.29, 0.717) is 6.42 Å². The average Bonchev–Trinajstić information content (AvgIpc) is 3.11. The van der Waals surface area contributed by atoms with Crippen molar-refractivity contribution in [1.82, 2.24) is 10.6 Å². The van der Waals surface area contributed by atoms with Gasteiger partial charge in [0.05, 0.1) is 4.92 Å². The Labute approximate surface area is 151 Å². The third kappa shape index (κ3) is 5.74. The molecule has 1 aromatic rings. The second kappa shape index (κ2) is 9.41. The molecule has 1 aliphatic rings. The third-order valence-corrected chi connectivity index (χ3v) is 4.90. The zero-order valence-electron chi connectivity index (χ0n) is 14.2. The Morgan fingerprint density at radius 3 is 2.72 bits per heavy atom. The van der Waals surface area contributed by atoms with E-state index in [0.717, 1.165) is 31.4 Å². The van der Waals surface area contributed by atoms with Gasteiger partial charge in [0.2, 0.25) is 5.91 Å². The number of thioether (sulfide) groups is 1. The topological polar surface area (TPSA) is 101 Å². The molecule has 1 fully saturated rings. The lowest BCUT2D eigenvalue weighted by Crippen LogP contribution is -2.49. The number of nitro benzene ring substituents is 1. The first-order valence-electron chi connectivity index (χ1n) is 8.36. The van der Waals surface area contributed by atoms with Gasteiger partial charge < -0.3 is 10.6 Å². The zero-order chi connectivity index (χ0) is 18.2. The van der Waals surface area contributed by atoms with Crippen LogP contribution in [0.1, 0.15) is 42.5 Å². The molecule has 2 rings (SSSR count). The summed E-state index contributed by atoms with van der Waals surface area (Å²) in [6.45, 7) is 0. The Hall–Kier alpha value is -2.09. The summed E-state index contributed by atoms with van der Waals surface area (Å²) in [6, 6.07) is 5.05. The molecular formula is C17H23N3O4S. The van der Waals surface area contributed by atoms with Crippen molar-refractivity contribution in [3.63, 3.8) is 0 Å². The lowest BCUT2D eigenvalue weighted by Gasteiger charge is -2.21. The predicted molar refractivity (Wildman–Crippen MR) is 97.7 cm³/mol. The SMILES string of the molecule is CSCCC(NC(=O)c1cccc([N+](=O)[O-])c1)C(=O)NC1CCCC1. The van der Waals surface area contributed by atoms with Crippen molar-refractivity contribution >= 4 is 29.3 Å². The highest BCUT2D eigenvalue weighted by Crippen LogP contribution is 2.18. The van der Waals surface area contributed by atoms with Crippen molar-refractivity contribution < 1.29 is 14.5 Å². The molecule has 1 aliphatic carbocycles. The smallest absolute Gasteiger partial charge is 0.270 e. The normalized spacial score (nSPS) is 15.6. The molecule has 1 unspecified atom stereocenters. The van der Waals surface area contributed by atoms with Gasteiger partial charge >= 0.3 is 0 Å². The van der Waals surface area contributed by atoms with Crippen molar-refractivity contribution in [2.45, 2.75) is 44.2 Å². The summed E-state index contributed by atoms with van der Waals surface area (Å²) in [5.74, 6) is 0.0777. The van der Waals surface area contributed by atoms with E-state index in [1.165, 1.54) is 24.3 Å². The summed E-state index contributed by atoms with van der Waals surface area (Å²) >= 11 is 1.60. The van der Waals surface area contributed by atoms with Crippen LogP contribution in [0.5, 0.6) is 0 Å². The fraction of sp³-hybridized carbons (Fsp3) is 0.529. The molecule has 25 heavy (non-hydrogen) atoms. The number of amides is 2. The van der Waals surface area contributed by atoms with Crippen molar-refractivity contribution in [2.24, 2.45) is 0 Å². The number of non-ortho nitro benzene ring substituents is 1. The molecule has 8 heteroatoms. The van der Waals surface area contributed by atoms with Gasteiger partial charge in [-0.25, -0.2) is 0 Å². The molecule has 0 spiro atoms. The summed E-state index contributed by atoms with van der Waals surface area (Å²) in [5.41, 5.74) is 0.0285. The van der Waals surface area contributed by atoms with Crippen LogP contribution in [0.3, 0.4) is 0 Å². The second-order valence-electron chi connectivity index (χ2n) is 6.10. The van der Waals surface area contributed by atoms with Gasteiger partial charge in [0.15, 0.2) is 0 Å². The monoisotopic (exact) mass is 365 g/mol. The molecule has 136 valence electrons. The number of carbonyl (C=O) groups excluding carboxylic acids is 2. The van der Waals surface area contributed by atoms with Crippen LogP contribution in [-0.2, 0) is 4.79 Å². The Bertz CT molecular complexity index is 632. The number of hydrogen-bond acceptors (Lipinski definition) is 5. The van der Waals surface area contributed by atoms with E-state index >= 15 is 0 Å². The van der Waals surface area contributed by atoms with Crippen LogP contribution >= 0.6 is 11.8 Å². The average molecular weight is 365 g/mol. The maximum atomic E-state index is 12.5. The standard InChI is InChI=1S/C17H23N3O4S/c1-25-10-9-15(17(22)18-13-6-2-3-7-13)19-16(21)12-5-4-8-14(11-12)20(23)24/h4-5,8,11,13,15H,2-3,6-7,9-10H2,1H3,(H,18,22)(H,19,21). The van der Waals surface area contributed by atoms with Gasteiger partial charge in [-0.1, -0.05) is 18.9 Å². The van der Waals surface area contributed by atoms with Gasteiger partial charge in [0.1, 0.15) is 6.04 Å². The van der Waals surface area contributed by atoms with Crippen LogP contribution in [0.2, 0.25) is 0 Å². The summed E-state index contributed by atoms with van der Waals surface area (Å²) in [4.78, 5) is 35.2. The first-order valence-corrected chi connectivity index (χ1v) is 9.75. The van der Waals surface area contributed by atoms with Gasteiger partial charge in [-0.2, -0.15) is 11.8 Å². The van der Waals surface area contributed by atoms with Crippen LogP contribution < -0.4 is 10.6 Å². The number of benzene rings is 1. The summed E-state index contributed by atoms with van der Waals surface area (Å²) in [7, 11) is 0. The Kier molecular flexibility index (Phi) is 7.24. The molecule has 0 aromatic heterocycles. The van der Waals surface area contributed by atoms with Gasteiger partial charge in [0, 0.05) is 23.7 Å². The maximum absolute atomic E-state index is 12.5. The van der Waals surface area contributed by atoms with E-state index in [1.54, 1.807) is 11.8 Å². The largest absolute Gasteiger partial charge is 0.352 e. The van der Waals surface area contributed by atoms with Crippen LogP contribution in [0.4, 0.5) is 5.69 Å². The molecule has 0 aliphatic heterocycles. The first kappa shape index (κ1) is 19.2. The number of carbonyl (C=O) groups is 2. The summed E-state index contributed by atoms with van der Waals surface area (Å²) in [5, 5.41) is 16.6. The van der Waals surface area contributed by atoms with Gasteiger partial charge in [-0.3, -0.25) is 19.7 Å². The van der Waals surface area contributed by atoms with Gasteiger partial charge in [-0.15, -0.1) is 0 Å². The van der Waals surface area contributed by atoms with Crippen LogP contribution in [0, 0.1) is 10.1 Å². The summed E-state index contributed by atoms with van der Waals surface area (Å²) in [6.07, 6.45) is 6.62. The fourth-order valence-corrected chi connectivity index (χ4v) is 3.35. The fourth-order valence-electron chi connectivity index (χ4n) is 2.88. The number of rotatable bonds is 8. The Morgan fingerprint density at radius 1 is 1.36 bits per heavy atom. The second-order valence-corrected chi connectivity index (χ2v) is 7.09. The van der Waals surface area contributed by atoms with Gasteiger partial charge in [-0.05, 0) is 37.3 Å². The molecule has 0 saturated heterocycles. The van der Waals surface area contributed by atoms with Crippen molar-refractivity contribution in [3.05, 3.63) is 39.9 Å². The van der Waals surface area contributed by atoms with Crippen molar-refractivity contribution in [1.29, 1.82) is 0 Å². The van der Waals surface area contributed by atoms with Crippen LogP contribution in [0.25, 0.3) is 0 Å². The van der Waals surface area contributed by atoms with E-state index in [9.17, 15) is 19.7 Å². The maximum Gasteiger partial charge on any atom is 0.270 e. The molecular weight excluding hydrogens is 342 g/mol. The molecule has 0 radical (unpaired) electrons. The van der Waals surface area contributed by atoms with Crippen molar-refractivity contribution in [2.75, 3.05) is 12.0 Å². The third-order valence-electron chi connectivity index (χ3n) is 4.25. The predicted octanol–water partition coefficient (Wildman–Crippen LogP) is 2.51. The minimum atomic E-state index is -0.639. The molecule has 2 N–H and O–H groups in total. The molecule has 0 bridgehead atoms. The quantitative estimate of drug-likeness (QED) is 0.544. The lowest BCUT2D eigenvalue weighted by atomic mass is 10.1. The van der Waals surface area contributed by atoms with Crippen LogP contribution in [-0.4, -0.2) is 40.8 Å². The molecule has 1 aromatic carbocycles. The number of nitro groups is 1. The molecule has 1 atom stereocenters. The highest BCUT2D eigenvalue weighted by molar-refractivity contribution is 7.98. The van der Waals surface area contributed by atoms with E-state index in [1.807, 2.05) is 6.26 Å². The van der Waals surface area contributed by atoms with E-state index in [-0.39, 0.29) is 23.2 Å². The minimum absolute atomic E-state index is 0.149. The highest BCUT2D eigenvalue weighted by atomic mass is 32.2. The number of nitrogens with one attached hydrogen (secondary N) is 2. The van der Waals surface area contributed by atoms with Crippen LogP contribution in [0.15, 0.2) is 24.3 Å². The number of nitrogens with zero attached hydrogens (tertiary/aromatic N) is 1. The molecule has 1 saturated carbocycles. The minimum Gasteiger partial charge on any atom is -0.352 e.